The van der Waals surface area contributed by atoms with Crippen LogP contribution in [0.4, 0.5) is 15.8 Å². The number of aryl methyl sites for hydroxylation is 1. The van der Waals surface area contributed by atoms with Gasteiger partial charge in [0.05, 0.1) is 35.2 Å². The second-order valence-corrected chi connectivity index (χ2v) is 6.80. The lowest BCUT2D eigenvalue weighted by molar-refractivity contribution is 0.102. The minimum atomic E-state index is -0.416. The Labute approximate surface area is 162 Å². The lowest BCUT2D eigenvalue weighted by Gasteiger charge is -2.19. The Morgan fingerprint density at radius 3 is 2.61 bits per heavy atom. The first-order valence-electron chi connectivity index (χ1n) is 9.24. The maximum absolute atomic E-state index is 14.6. The van der Waals surface area contributed by atoms with Gasteiger partial charge in [0.1, 0.15) is 17.3 Å². The summed E-state index contributed by atoms with van der Waals surface area (Å²) in [5, 5.41) is 2.79. The number of rotatable bonds is 4. The largest absolute Gasteiger partial charge is 0.495 e. The van der Waals surface area contributed by atoms with E-state index in [4.69, 9.17) is 4.74 Å². The summed E-state index contributed by atoms with van der Waals surface area (Å²) in [6.07, 6.45) is 2.12. The van der Waals surface area contributed by atoms with Gasteiger partial charge in [-0.3, -0.25) is 4.79 Å². The van der Waals surface area contributed by atoms with Crippen LogP contribution < -0.4 is 15.0 Å². The number of fused-ring (bicyclic) bond motifs is 1. The highest BCUT2D eigenvalue weighted by Gasteiger charge is 2.20. The summed E-state index contributed by atoms with van der Waals surface area (Å²) in [7, 11) is 1.53. The fraction of sp³-hybridized carbons (Fsp3) is 0.286. The van der Waals surface area contributed by atoms with Crippen LogP contribution in [-0.4, -0.2) is 36.1 Å². The summed E-state index contributed by atoms with van der Waals surface area (Å²) in [6, 6.07) is 10.2. The second-order valence-electron chi connectivity index (χ2n) is 6.80. The van der Waals surface area contributed by atoms with Crippen LogP contribution in [0.2, 0.25) is 0 Å². The molecule has 7 heteroatoms. The number of methoxy groups -OCH3 is 1. The molecule has 0 atom stereocenters. The van der Waals surface area contributed by atoms with E-state index in [0.29, 0.717) is 33.9 Å². The van der Waals surface area contributed by atoms with Gasteiger partial charge in [-0.1, -0.05) is 12.1 Å². The Balaban J connectivity index is 1.68. The van der Waals surface area contributed by atoms with Crippen LogP contribution in [0.25, 0.3) is 11.0 Å². The van der Waals surface area contributed by atoms with Crippen molar-refractivity contribution in [2.75, 3.05) is 30.4 Å². The quantitative estimate of drug-likeness (QED) is 0.743. The molecule has 144 valence electrons. The third-order valence-corrected chi connectivity index (χ3v) is 4.92. The van der Waals surface area contributed by atoms with Crippen molar-refractivity contribution in [2.45, 2.75) is 19.8 Å². The minimum absolute atomic E-state index is 0.159. The highest BCUT2D eigenvalue weighted by Crippen LogP contribution is 2.28. The van der Waals surface area contributed by atoms with Crippen LogP contribution in [-0.2, 0) is 0 Å². The van der Waals surface area contributed by atoms with E-state index in [1.165, 1.54) is 13.2 Å². The summed E-state index contributed by atoms with van der Waals surface area (Å²) >= 11 is 0. The number of amides is 1. The molecule has 0 unspecified atom stereocenters. The van der Waals surface area contributed by atoms with Gasteiger partial charge < -0.3 is 15.0 Å². The van der Waals surface area contributed by atoms with Crippen molar-refractivity contribution in [1.82, 2.24) is 9.97 Å². The van der Waals surface area contributed by atoms with E-state index in [9.17, 15) is 9.18 Å². The molecule has 2 aromatic carbocycles. The number of nitrogens with one attached hydrogen (secondary N) is 1. The van der Waals surface area contributed by atoms with Gasteiger partial charge in [0, 0.05) is 19.2 Å². The van der Waals surface area contributed by atoms with Gasteiger partial charge in [-0.05, 0) is 38.0 Å². The highest BCUT2D eigenvalue weighted by atomic mass is 19.1. The third kappa shape index (κ3) is 3.35. The Morgan fingerprint density at radius 2 is 1.86 bits per heavy atom. The fourth-order valence-corrected chi connectivity index (χ4v) is 3.50. The standard InChI is InChI=1S/C21H21FN4O2/c1-13-20(21(27)25-15-7-3-4-8-19(15)28-2)24-16-11-14(22)18(12-17(16)23-13)26-9-5-6-10-26/h3-4,7-8,11-12H,5-6,9-10H2,1-2H3,(H,25,27). The molecule has 2 heterocycles. The van der Waals surface area contributed by atoms with Crippen molar-refractivity contribution in [1.29, 1.82) is 0 Å². The van der Waals surface area contributed by atoms with Gasteiger partial charge in [0.15, 0.2) is 0 Å². The molecule has 0 radical (unpaired) electrons. The van der Waals surface area contributed by atoms with Crippen molar-refractivity contribution in [3.8, 4) is 5.75 Å². The third-order valence-electron chi connectivity index (χ3n) is 4.92. The summed E-state index contributed by atoms with van der Waals surface area (Å²) in [6.45, 7) is 3.41. The molecule has 1 N–H and O–H groups in total. The number of aromatic nitrogens is 2. The van der Waals surface area contributed by atoms with Gasteiger partial charge in [0.2, 0.25) is 0 Å². The number of hydrogen-bond acceptors (Lipinski definition) is 5. The average Bonchev–Trinajstić information content (AvgIpc) is 3.22. The van der Waals surface area contributed by atoms with E-state index >= 15 is 0 Å². The minimum Gasteiger partial charge on any atom is -0.495 e. The van der Waals surface area contributed by atoms with Crippen molar-refractivity contribution in [2.24, 2.45) is 0 Å². The zero-order valence-electron chi connectivity index (χ0n) is 15.8. The van der Waals surface area contributed by atoms with E-state index in [0.717, 1.165) is 25.9 Å². The van der Waals surface area contributed by atoms with E-state index in [1.54, 1.807) is 31.2 Å². The zero-order chi connectivity index (χ0) is 19.7. The number of halogens is 1. The molecule has 4 rings (SSSR count). The molecular formula is C21H21FN4O2. The van der Waals surface area contributed by atoms with Crippen molar-refractivity contribution < 1.29 is 13.9 Å². The summed E-state index contributed by atoms with van der Waals surface area (Å²) in [5.74, 6) is -0.215. The molecule has 1 aliphatic heterocycles. The molecule has 1 amide bonds. The highest BCUT2D eigenvalue weighted by molar-refractivity contribution is 6.05. The Bertz CT molecular complexity index is 1050. The van der Waals surface area contributed by atoms with E-state index < -0.39 is 5.91 Å². The molecule has 28 heavy (non-hydrogen) atoms. The van der Waals surface area contributed by atoms with Crippen LogP contribution in [0.5, 0.6) is 5.75 Å². The van der Waals surface area contributed by atoms with Crippen LogP contribution in [0.1, 0.15) is 29.0 Å². The number of carbonyl (C=O) groups is 1. The molecule has 0 aliphatic carbocycles. The zero-order valence-corrected chi connectivity index (χ0v) is 15.8. The monoisotopic (exact) mass is 380 g/mol. The molecule has 1 fully saturated rings. The number of anilines is 2. The molecular weight excluding hydrogens is 359 g/mol. The van der Waals surface area contributed by atoms with Crippen molar-refractivity contribution in [3.63, 3.8) is 0 Å². The molecule has 0 bridgehead atoms. The normalized spacial score (nSPS) is 13.8. The SMILES string of the molecule is COc1ccccc1NC(=O)c1nc2cc(F)c(N3CCCC3)cc2nc1C. The van der Waals surface area contributed by atoms with E-state index in [2.05, 4.69) is 15.3 Å². The van der Waals surface area contributed by atoms with Gasteiger partial charge in [-0.15, -0.1) is 0 Å². The number of benzene rings is 2. The molecule has 1 aliphatic rings. The smallest absolute Gasteiger partial charge is 0.276 e. The van der Waals surface area contributed by atoms with E-state index in [1.807, 2.05) is 11.0 Å². The van der Waals surface area contributed by atoms with E-state index in [-0.39, 0.29) is 11.5 Å². The van der Waals surface area contributed by atoms with Crippen LogP contribution in [0.15, 0.2) is 36.4 Å². The number of nitrogens with zero attached hydrogens (tertiary/aromatic N) is 3. The number of hydrogen-bond donors (Lipinski definition) is 1. The first-order valence-corrected chi connectivity index (χ1v) is 9.24. The van der Waals surface area contributed by atoms with Crippen LogP contribution in [0, 0.1) is 12.7 Å². The predicted molar refractivity (Wildman–Crippen MR) is 107 cm³/mol. The Hall–Kier alpha value is -3.22. The van der Waals surface area contributed by atoms with Gasteiger partial charge in [-0.2, -0.15) is 0 Å². The summed E-state index contributed by atoms with van der Waals surface area (Å²) in [5.41, 5.74) is 2.66. The summed E-state index contributed by atoms with van der Waals surface area (Å²) in [4.78, 5) is 23.6. The second kappa shape index (κ2) is 7.42. The number of para-hydroxylation sites is 2. The first-order chi connectivity index (χ1) is 13.6. The van der Waals surface area contributed by atoms with Crippen LogP contribution >= 0.6 is 0 Å². The lowest BCUT2D eigenvalue weighted by Crippen LogP contribution is -2.19. The van der Waals surface area contributed by atoms with Gasteiger partial charge in [0.25, 0.3) is 5.91 Å². The predicted octanol–water partition coefficient (Wildman–Crippen LogP) is 3.94. The maximum atomic E-state index is 14.6. The molecule has 3 aromatic rings. The Kier molecular flexibility index (Phi) is 4.81. The van der Waals surface area contributed by atoms with Crippen molar-refractivity contribution in [3.05, 3.63) is 53.6 Å². The fourth-order valence-electron chi connectivity index (χ4n) is 3.50. The average molecular weight is 380 g/mol. The summed E-state index contributed by atoms with van der Waals surface area (Å²) < 4.78 is 19.9. The number of carbonyl (C=O) groups excluding carboxylic acids is 1. The molecule has 1 aromatic heterocycles. The Morgan fingerprint density at radius 1 is 1.14 bits per heavy atom. The molecule has 0 saturated carbocycles. The number of ether oxygens (including phenoxy) is 1. The van der Waals surface area contributed by atoms with Crippen molar-refractivity contribution >= 4 is 28.3 Å². The van der Waals surface area contributed by atoms with Gasteiger partial charge in [-0.25, -0.2) is 14.4 Å². The molecule has 0 spiro atoms. The molecule has 6 nitrogen and oxygen atoms in total. The maximum Gasteiger partial charge on any atom is 0.276 e. The van der Waals surface area contributed by atoms with Crippen LogP contribution in [0.3, 0.4) is 0 Å². The lowest BCUT2D eigenvalue weighted by atomic mass is 10.2. The van der Waals surface area contributed by atoms with Gasteiger partial charge >= 0.3 is 0 Å². The molecule has 1 saturated heterocycles. The first kappa shape index (κ1) is 18.2. The topological polar surface area (TPSA) is 67.3 Å².